The van der Waals surface area contributed by atoms with Gasteiger partial charge in [-0.15, -0.1) is 0 Å². The molecule has 38 heavy (non-hydrogen) atoms. The number of carbonyl (C=O) groups is 1. The molecule has 0 unspecified atom stereocenters. The summed E-state index contributed by atoms with van der Waals surface area (Å²) >= 11 is 8.16. The van der Waals surface area contributed by atoms with Crippen LogP contribution in [0.4, 0.5) is 4.79 Å². The number of aryl methyl sites for hydroxylation is 1. The van der Waals surface area contributed by atoms with Crippen molar-refractivity contribution in [2.45, 2.75) is 50.4 Å². The first-order chi connectivity index (χ1) is 18.3. The number of carboxylic acid groups (broad SMARTS) is 1. The van der Waals surface area contributed by atoms with Crippen molar-refractivity contribution in [3.63, 3.8) is 0 Å². The molecule has 0 radical (unpaired) electrons. The van der Waals surface area contributed by atoms with Crippen LogP contribution in [0.5, 0.6) is 0 Å². The van der Waals surface area contributed by atoms with Crippen LogP contribution in [-0.2, 0) is 6.54 Å². The van der Waals surface area contributed by atoms with Gasteiger partial charge in [0, 0.05) is 45.9 Å². The van der Waals surface area contributed by atoms with Crippen LogP contribution >= 0.6 is 23.4 Å². The average Bonchev–Trinajstić information content (AvgIpc) is 2.90. The minimum atomic E-state index is -0.998. The summed E-state index contributed by atoms with van der Waals surface area (Å²) in [6, 6.07) is 9.22. The van der Waals surface area contributed by atoms with Gasteiger partial charge >= 0.3 is 6.09 Å². The van der Waals surface area contributed by atoms with Gasteiger partial charge in [0.1, 0.15) is 5.65 Å². The number of hydrogen-bond donors (Lipinski definition) is 2. The Morgan fingerprint density at radius 2 is 1.95 bits per heavy atom. The van der Waals surface area contributed by atoms with Gasteiger partial charge in [-0.1, -0.05) is 35.5 Å². The van der Waals surface area contributed by atoms with Gasteiger partial charge in [-0.2, -0.15) is 10.2 Å². The molecule has 0 saturated heterocycles. The molecular formula is C27H27ClN6O3S. The molecule has 0 aliphatic heterocycles. The van der Waals surface area contributed by atoms with Gasteiger partial charge in [-0.05, 0) is 68.5 Å². The standard InChI is InChI=1S/C27H27ClN6O3S/c1-15-9-23(33-30-12-15)17-5-8-20(22(28)11-17)21-10-18-13-29-26(38-2)32-24(18)34(25(21)35)14-16-3-6-19(7-4-16)31-27(36)37/h5,8-13,16,19,31H,3-4,6-7,14H2,1-2H3,(H,36,37)/t16-,19-. The van der Waals surface area contributed by atoms with Crippen LogP contribution in [0.3, 0.4) is 0 Å². The number of benzene rings is 1. The van der Waals surface area contributed by atoms with Gasteiger partial charge in [0.15, 0.2) is 5.16 Å². The van der Waals surface area contributed by atoms with Gasteiger partial charge in [0.2, 0.25) is 0 Å². The second-order valence-corrected chi connectivity index (χ2v) is 10.8. The van der Waals surface area contributed by atoms with Crippen molar-refractivity contribution >= 4 is 40.5 Å². The Morgan fingerprint density at radius 3 is 2.63 bits per heavy atom. The number of hydrogen-bond acceptors (Lipinski definition) is 7. The molecule has 5 rings (SSSR count). The van der Waals surface area contributed by atoms with E-state index in [2.05, 4.69) is 25.5 Å². The largest absolute Gasteiger partial charge is 0.465 e. The van der Waals surface area contributed by atoms with E-state index in [0.717, 1.165) is 42.2 Å². The zero-order valence-electron chi connectivity index (χ0n) is 21.0. The maximum atomic E-state index is 13.9. The molecule has 3 heterocycles. The molecule has 1 fully saturated rings. The highest BCUT2D eigenvalue weighted by Crippen LogP contribution is 2.32. The van der Waals surface area contributed by atoms with Gasteiger partial charge in [0.05, 0.1) is 11.9 Å². The minimum absolute atomic E-state index is 0.0515. The third-order valence-electron chi connectivity index (χ3n) is 6.95. The van der Waals surface area contributed by atoms with Gasteiger partial charge in [0.25, 0.3) is 5.56 Å². The summed E-state index contributed by atoms with van der Waals surface area (Å²) in [5.74, 6) is 0.225. The van der Waals surface area contributed by atoms with Crippen LogP contribution in [0.1, 0.15) is 31.2 Å². The fraction of sp³-hybridized carbons (Fsp3) is 0.333. The Hall–Kier alpha value is -3.50. The first-order valence-electron chi connectivity index (χ1n) is 12.4. The maximum absolute atomic E-state index is 13.9. The average molecular weight is 551 g/mol. The SMILES string of the molecule is CSc1ncc2cc(-c3ccc(-c4cc(C)cnn4)cc3Cl)c(=O)n(C[C@H]3CC[C@H](NC(=O)O)CC3)c2n1. The fourth-order valence-electron chi connectivity index (χ4n) is 5.02. The van der Waals surface area contributed by atoms with Gasteiger partial charge < -0.3 is 10.4 Å². The second kappa shape index (κ2) is 11.1. The van der Waals surface area contributed by atoms with Crippen LogP contribution in [0.25, 0.3) is 33.4 Å². The topological polar surface area (TPSA) is 123 Å². The molecular weight excluding hydrogens is 524 g/mol. The van der Waals surface area contributed by atoms with Crippen LogP contribution in [0.15, 0.2) is 52.7 Å². The number of rotatable bonds is 6. The van der Waals surface area contributed by atoms with Crippen LogP contribution in [0.2, 0.25) is 5.02 Å². The normalized spacial score (nSPS) is 17.4. The first kappa shape index (κ1) is 26.1. The van der Waals surface area contributed by atoms with Crippen molar-refractivity contribution in [1.82, 2.24) is 30.0 Å². The summed E-state index contributed by atoms with van der Waals surface area (Å²) in [6.45, 7) is 2.44. The number of aromatic nitrogens is 5. The minimum Gasteiger partial charge on any atom is -0.465 e. The number of amides is 1. The van der Waals surface area contributed by atoms with Crippen molar-refractivity contribution in [3.05, 3.63) is 63.7 Å². The molecule has 1 amide bonds. The lowest BCUT2D eigenvalue weighted by Crippen LogP contribution is -2.38. The molecule has 1 saturated carbocycles. The number of pyridine rings is 1. The number of fused-ring (bicyclic) bond motifs is 1. The molecule has 3 aromatic heterocycles. The van der Waals surface area contributed by atoms with E-state index in [-0.39, 0.29) is 17.5 Å². The summed E-state index contributed by atoms with van der Waals surface area (Å²) in [7, 11) is 0. The molecule has 1 aliphatic rings. The lowest BCUT2D eigenvalue weighted by Gasteiger charge is -2.29. The van der Waals surface area contributed by atoms with Crippen LogP contribution in [-0.4, -0.2) is 48.2 Å². The fourth-order valence-corrected chi connectivity index (χ4v) is 5.64. The summed E-state index contributed by atoms with van der Waals surface area (Å²) < 4.78 is 1.73. The molecule has 4 aromatic rings. The van der Waals surface area contributed by atoms with E-state index < -0.39 is 6.09 Å². The lowest BCUT2D eigenvalue weighted by molar-refractivity contribution is 0.181. The summed E-state index contributed by atoms with van der Waals surface area (Å²) in [4.78, 5) is 34.1. The third kappa shape index (κ3) is 5.51. The number of thioether (sulfide) groups is 1. The highest BCUT2D eigenvalue weighted by molar-refractivity contribution is 7.98. The first-order valence-corrected chi connectivity index (χ1v) is 14.0. The molecule has 2 N–H and O–H groups in total. The Kier molecular flexibility index (Phi) is 7.62. The molecule has 0 bridgehead atoms. The molecule has 0 spiro atoms. The Morgan fingerprint density at radius 1 is 1.16 bits per heavy atom. The molecule has 0 atom stereocenters. The van der Waals surface area contributed by atoms with E-state index in [1.165, 1.54) is 11.8 Å². The van der Waals surface area contributed by atoms with E-state index in [9.17, 15) is 9.59 Å². The van der Waals surface area contributed by atoms with E-state index in [0.29, 0.717) is 39.2 Å². The molecule has 9 nitrogen and oxygen atoms in total. The number of nitrogens with zero attached hydrogens (tertiary/aromatic N) is 5. The zero-order valence-corrected chi connectivity index (χ0v) is 22.6. The van der Waals surface area contributed by atoms with Crippen molar-refractivity contribution in [3.8, 4) is 22.4 Å². The Labute approximate surface area is 228 Å². The van der Waals surface area contributed by atoms with E-state index >= 15 is 0 Å². The van der Waals surface area contributed by atoms with Gasteiger partial charge in [-0.3, -0.25) is 9.36 Å². The predicted molar refractivity (Wildman–Crippen MR) is 149 cm³/mol. The van der Waals surface area contributed by atoms with Crippen molar-refractivity contribution in [1.29, 1.82) is 0 Å². The summed E-state index contributed by atoms with van der Waals surface area (Å²) in [5.41, 5.74) is 4.04. The molecule has 11 heteroatoms. The van der Waals surface area contributed by atoms with Crippen molar-refractivity contribution < 1.29 is 9.90 Å². The Bertz CT molecular complexity index is 1570. The van der Waals surface area contributed by atoms with E-state index in [4.69, 9.17) is 16.7 Å². The highest BCUT2D eigenvalue weighted by Gasteiger charge is 2.25. The van der Waals surface area contributed by atoms with Gasteiger partial charge in [-0.25, -0.2) is 14.8 Å². The monoisotopic (exact) mass is 550 g/mol. The summed E-state index contributed by atoms with van der Waals surface area (Å²) in [5, 5.41) is 21.6. The van der Waals surface area contributed by atoms with Crippen molar-refractivity contribution in [2.24, 2.45) is 5.92 Å². The second-order valence-electron chi connectivity index (χ2n) is 9.59. The third-order valence-corrected chi connectivity index (χ3v) is 7.82. The molecule has 196 valence electrons. The number of halogens is 1. The highest BCUT2D eigenvalue weighted by atomic mass is 35.5. The zero-order chi connectivity index (χ0) is 26.8. The van der Waals surface area contributed by atoms with E-state index in [1.54, 1.807) is 29.1 Å². The van der Waals surface area contributed by atoms with E-state index in [1.807, 2.05) is 31.4 Å². The summed E-state index contributed by atoms with van der Waals surface area (Å²) in [6.07, 6.45) is 7.44. The van der Waals surface area contributed by atoms with Crippen molar-refractivity contribution in [2.75, 3.05) is 6.26 Å². The number of nitrogens with one attached hydrogen (secondary N) is 1. The predicted octanol–water partition coefficient (Wildman–Crippen LogP) is 5.43. The Balaban J connectivity index is 1.54. The van der Waals surface area contributed by atoms with Crippen LogP contribution < -0.4 is 10.9 Å². The smallest absolute Gasteiger partial charge is 0.404 e. The molecule has 1 aliphatic carbocycles. The lowest BCUT2D eigenvalue weighted by atomic mass is 9.86. The maximum Gasteiger partial charge on any atom is 0.404 e. The van der Waals surface area contributed by atoms with Crippen LogP contribution in [0, 0.1) is 12.8 Å². The quantitative estimate of drug-likeness (QED) is 0.241. The molecule has 1 aromatic carbocycles.